The number of carbonyl (C=O) groups excluding carboxylic acids is 2. The molecule has 3 aliphatic rings. The lowest BCUT2D eigenvalue weighted by Gasteiger charge is -2.32. The largest absolute Gasteiger partial charge is 0.390 e. The van der Waals surface area contributed by atoms with Gasteiger partial charge in [-0.15, -0.1) is 0 Å². The van der Waals surface area contributed by atoms with Crippen LogP contribution in [0.1, 0.15) is 38.4 Å². The molecule has 9 nitrogen and oxygen atoms in total. The number of ether oxygens (including phenoxy) is 1. The van der Waals surface area contributed by atoms with Crippen LogP contribution in [0.4, 0.5) is 20.2 Å². The molecule has 0 radical (unpaired) electrons. The number of carbonyl (C=O) groups is 2. The summed E-state index contributed by atoms with van der Waals surface area (Å²) in [5.74, 6) is -1.40. The zero-order chi connectivity index (χ0) is 29.4. The van der Waals surface area contributed by atoms with Crippen LogP contribution in [0.25, 0.3) is 11.6 Å². The molecule has 0 spiro atoms. The predicted molar refractivity (Wildman–Crippen MR) is 155 cm³/mol. The molecule has 0 bridgehead atoms. The third kappa shape index (κ3) is 5.67. The lowest BCUT2D eigenvalue weighted by atomic mass is 10.0. The van der Waals surface area contributed by atoms with Gasteiger partial charge in [0.2, 0.25) is 0 Å². The van der Waals surface area contributed by atoms with Gasteiger partial charge in [0.1, 0.15) is 11.6 Å². The third-order valence-electron chi connectivity index (χ3n) is 8.08. The van der Waals surface area contributed by atoms with Crippen molar-refractivity contribution < 1.29 is 28.2 Å². The summed E-state index contributed by atoms with van der Waals surface area (Å²) in [6, 6.07) is 8.78. The topological polar surface area (TPSA) is 110 Å². The number of fused-ring (bicyclic) bond motifs is 2. The number of morpholine rings is 1. The van der Waals surface area contributed by atoms with Gasteiger partial charge < -0.3 is 30.4 Å². The minimum absolute atomic E-state index is 0.158. The molecule has 4 N–H and O–H groups in total. The van der Waals surface area contributed by atoms with Gasteiger partial charge in [-0.05, 0) is 48.4 Å². The molecule has 3 aliphatic heterocycles. The maximum absolute atomic E-state index is 15.1. The maximum Gasteiger partial charge on any atom is 0.256 e. The number of aromatic amines is 1. The van der Waals surface area contributed by atoms with E-state index >= 15 is 4.39 Å². The highest BCUT2D eigenvalue weighted by molar-refractivity contribution is 6.35. The fraction of sp³-hybridized carbons (Fsp3) is 0.355. The van der Waals surface area contributed by atoms with Crippen molar-refractivity contribution in [3.63, 3.8) is 0 Å². The number of rotatable bonds is 8. The Morgan fingerprint density at radius 1 is 1.10 bits per heavy atom. The first kappa shape index (κ1) is 28.1. The van der Waals surface area contributed by atoms with E-state index in [-0.39, 0.29) is 36.4 Å². The summed E-state index contributed by atoms with van der Waals surface area (Å²) in [7, 11) is 0. The molecule has 3 aromatic rings. The summed E-state index contributed by atoms with van der Waals surface area (Å²) in [5.41, 5.74) is 4.84. The Labute approximate surface area is 242 Å². The van der Waals surface area contributed by atoms with Crippen molar-refractivity contribution in [2.24, 2.45) is 0 Å². The van der Waals surface area contributed by atoms with Gasteiger partial charge in [-0.1, -0.05) is 12.1 Å². The SMILES string of the molecule is Cc1c(/C=C2\C(=O)Nc3cc(NCc4ccc(F)cc4)c(F)cc32)[nH]c2c1C(=O)N(CC(O)CN1CCOCC1)CC2. The number of benzene rings is 2. The van der Waals surface area contributed by atoms with Gasteiger partial charge in [-0.3, -0.25) is 14.5 Å². The average Bonchev–Trinajstić information content (AvgIpc) is 3.45. The molecule has 220 valence electrons. The predicted octanol–water partition coefficient (Wildman–Crippen LogP) is 3.40. The number of halogens is 2. The molecule has 11 heteroatoms. The third-order valence-corrected chi connectivity index (χ3v) is 8.08. The first-order chi connectivity index (χ1) is 20.3. The molecule has 2 amide bonds. The molecule has 4 heterocycles. The number of anilines is 2. The second-order valence-electron chi connectivity index (χ2n) is 11.0. The number of nitrogens with zero attached hydrogens (tertiary/aromatic N) is 2. The Hall–Kier alpha value is -4.06. The van der Waals surface area contributed by atoms with Crippen molar-refractivity contribution in [2.45, 2.75) is 26.0 Å². The van der Waals surface area contributed by atoms with Gasteiger partial charge in [0, 0.05) is 62.6 Å². The van der Waals surface area contributed by atoms with Gasteiger partial charge in [-0.25, -0.2) is 8.78 Å². The first-order valence-corrected chi connectivity index (χ1v) is 14.1. The number of hydrogen-bond donors (Lipinski definition) is 4. The smallest absolute Gasteiger partial charge is 0.256 e. The number of amides is 2. The summed E-state index contributed by atoms with van der Waals surface area (Å²) in [5, 5.41) is 16.5. The zero-order valence-corrected chi connectivity index (χ0v) is 23.3. The van der Waals surface area contributed by atoms with E-state index in [1.165, 1.54) is 18.2 Å². The van der Waals surface area contributed by atoms with Gasteiger partial charge in [-0.2, -0.15) is 0 Å². The monoisotopic (exact) mass is 577 g/mol. The van der Waals surface area contributed by atoms with Gasteiger partial charge >= 0.3 is 0 Å². The number of hydrogen-bond acceptors (Lipinski definition) is 6. The first-order valence-electron chi connectivity index (χ1n) is 14.1. The van der Waals surface area contributed by atoms with Crippen LogP contribution in [0.15, 0.2) is 36.4 Å². The van der Waals surface area contributed by atoms with Crippen LogP contribution in [-0.4, -0.2) is 83.7 Å². The summed E-state index contributed by atoms with van der Waals surface area (Å²) in [4.78, 5) is 33.5. The summed E-state index contributed by atoms with van der Waals surface area (Å²) < 4.78 is 33.6. The molecule has 1 fully saturated rings. The molecule has 1 aromatic heterocycles. The Bertz CT molecular complexity index is 1550. The highest BCUT2D eigenvalue weighted by atomic mass is 19.1. The molecular formula is C31H33F2N5O4. The van der Waals surface area contributed by atoms with E-state index in [1.54, 1.807) is 29.2 Å². The van der Waals surface area contributed by atoms with Crippen LogP contribution in [0.2, 0.25) is 0 Å². The molecule has 6 rings (SSSR count). The Morgan fingerprint density at radius 2 is 1.86 bits per heavy atom. The van der Waals surface area contributed by atoms with Crippen LogP contribution in [0.3, 0.4) is 0 Å². The van der Waals surface area contributed by atoms with Crippen molar-refractivity contribution in [2.75, 3.05) is 56.6 Å². The van der Waals surface area contributed by atoms with Gasteiger partial charge in [0.15, 0.2) is 0 Å². The number of nitrogens with one attached hydrogen (secondary N) is 3. The number of H-pyrrole nitrogens is 1. The van der Waals surface area contributed by atoms with E-state index in [0.717, 1.165) is 24.3 Å². The number of aliphatic hydroxyl groups is 1. The lowest BCUT2D eigenvalue weighted by molar-refractivity contribution is -0.110. The quantitative estimate of drug-likeness (QED) is 0.306. The summed E-state index contributed by atoms with van der Waals surface area (Å²) in [6.45, 7) is 6.12. The van der Waals surface area contributed by atoms with Crippen molar-refractivity contribution in [3.05, 3.63) is 81.7 Å². The van der Waals surface area contributed by atoms with Crippen molar-refractivity contribution >= 4 is 34.8 Å². The van der Waals surface area contributed by atoms with E-state index in [4.69, 9.17) is 4.74 Å². The second kappa shape index (κ2) is 11.7. The molecule has 0 saturated carbocycles. The molecule has 1 unspecified atom stereocenters. The standard InChI is InChI=1S/C31H33F2N5O4/c1-18-26(35-25-6-7-38(31(41)29(18)25)17-21(39)16-37-8-10-42-11-9-37)13-23-22-12-24(33)28(14-27(22)36-30(23)40)34-15-19-2-4-20(32)5-3-19/h2-5,12-14,21,34-35,39H,6-11,15-17H2,1H3,(H,36,40)/b23-13-. The second-order valence-corrected chi connectivity index (χ2v) is 11.0. The average molecular weight is 578 g/mol. The Kier molecular flexibility index (Phi) is 7.80. The molecular weight excluding hydrogens is 544 g/mol. The Balaban J connectivity index is 1.18. The van der Waals surface area contributed by atoms with Crippen molar-refractivity contribution in [3.8, 4) is 0 Å². The number of aromatic nitrogens is 1. The lowest BCUT2D eigenvalue weighted by Crippen LogP contribution is -2.47. The number of aliphatic hydroxyl groups excluding tert-OH is 1. The highest BCUT2D eigenvalue weighted by Crippen LogP contribution is 2.37. The fourth-order valence-corrected chi connectivity index (χ4v) is 5.81. The van der Waals surface area contributed by atoms with Crippen molar-refractivity contribution in [1.82, 2.24) is 14.8 Å². The van der Waals surface area contributed by atoms with Crippen LogP contribution >= 0.6 is 0 Å². The van der Waals surface area contributed by atoms with E-state index in [9.17, 15) is 19.1 Å². The van der Waals surface area contributed by atoms with E-state index in [2.05, 4.69) is 20.5 Å². The Morgan fingerprint density at radius 3 is 2.62 bits per heavy atom. The van der Waals surface area contributed by atoms with E-state index < -0.39 is 11.9 Å². The van der Waals surface area contributed by atoms with Crippen LogP contribution < -0.4 is 10.6 Å². The van der Waals surface area contributed by atoms with Crippen molar-refractivity contribution in [1.29, 1.82) is 0 Å². The van der Waals surface area contributed by atoms with Crippen LogP contribution in [0, 0.1) is 18.6 Å². The summed E-state index contributed by atoms with van der Waals surface area (Å²) in [6.07, 6.45) is 1.58. The zero-order valence-electron chi connectivity index (χ0n) is 23.3. The molecule has 0 aliphatic carbocycles. The van der Waals surface area contributed by atoms with E-state index in [0.29, 0.717) is 66.4 Å². The molecule has 1 atom stereocenters. The van der Waals surface area contributed by atoms with Gasteiger partial charge in [0.05, 0.1) is 41.8 Å². The fourth-order valence-electron chi connectivity index (χ4n) is 5.81. The molecule has 2 aromatic carbocycles. The van der Waals surface area contributed by atoms with E-state index in [1.807, 2.05) is 6.92 Å². The molecule has 1 saturated heterocycles. The van der Waals surface area contributed by atoms with Crippen LogP contribution in [0.5, 0.6) is 0 Å². The normalized spacial score (nSPS) is 18.7. The number of β-amino-alcohol motifs (C(OH)–C–C–N with tert-alkyl or cyclic N) is 1. The summed E-state index contributed by atoms with van der Waals surface area (Å²) >= 11 is 0. The highest BCUT2D eigenvalue weighted by Gasteiger charge is 2.32. The minimum Gasteiger partial charge on any atom is -0.390 e. The maximum atomic E-state index is 15.1. The van der Waals surface area contributed by atoms with Gasteiger partial charge in [0.25, 0.3) is 11.8 Å². The van der Waals surface area contributed by atoms with Crippen LogP contribution in [-0.2, 0) is 22.5 Å². The minimum atomic E-state index is -0.668. The molecule has 42 heavy (non-hydrogen) atoms.